The van der Waals surface area contributed by atoms with Gasteiger partial charge in [0.2, 0.25) is 0 Å². The lowest BCUT2D eigenvalue weighted by molar-refractivity contribution is 0.0948. The van der Waals surface area contributed by atoms with Gasteiger partial charge in [0.25, 0.3) is 5.91 Å². The summed E-state index contributed by atoms with van der Waals surface area (Å²) in [6, 6.07) is 3.72. The Kier molecular flexibility index (Phi) is 4.27. The first-order valence-corrected chi connectivity index (χ1v) is 7.17. The Hall–Kier alpha value is -1.33. The molecule has 4 nitrogen and oxygen atoms in total. The molecule has 0 unspecified atom stereocenters. The summed E-state index contributed by atoms with van der Waals surface area (Å²) in [7, 11) is 0. The third-order valence-corrected chi connectivity index (χ3v) is 3.92. The zero-order chi connectivity index (χ0) is 14.0. The maximum Gasteiger partial charge on any atom is 0.257 e. The predicted octanol–water partition coefficient (Wildman–Crippen LogP) is 3.75. The van der Waals surface area contributed by atoms with Gasteiger partial charge in [-0.1, -0.05) is 30.6 Å². The van der Waals surface area contributed by atoms with E-state index >= 15 is 0 Å². The van der Waals surface area contributed by atoms with Gasteiger partial charge in [-0.15, -0.1) is 11.3 Å². The van der Waals surface area contributed by atoms with Gasteiger partial charge in [0.05, 0.1) is 16.6 Å². The van der Waals surface area contributed by atoms with Crippen molar-refractivity contribution in [2.75, 3.05) is 0 Å². The Morgan fingerprint density at radius 3 is 2.84 bits per heavy atom. The molecule has 0 bridgehead atoms. The molecule has 2 rings (SSSR count). The molecule has 0 saturated heterocycles. The molecule has 0 radical (unpaired) electrons. The molecular weight excluding hydrogens is 284 g/mol. The van der Waals surface area contributed by atoms with Gasteiger partial charge < -0.3 is 9.84 Å². The second-order valence-corrected chi connectivity index (χ2v) is 6.35. The van der Waals surface area contributed by atoms with E-state index in [2.05, 4.69) is 10.5 Å². The Labute approximate surface area is 120 Å². The van der Waals surface area contributed by atoms with Crippen molar-refractivity contribution in [3.05, 3.63) is 38.4 Å². The van der Waals surface area contributed by atoms with E-state index in [1.807, 2.05) is 26.0 Å². The fraction of sp³-hybridized carbons (Fsp3) is 0.385. The number of aromatic nitrogens is 1. The molecule has 2 heterocycles. The SMILES string of the molecule is Cc1noc(C(C)C)c1C(=O)NCc1ccc(Cl)s1. The molecule has 0 fully saturated rings. The summed E-state index contributed by atoms with van der Waals surface area (Å²) in [5.41, 5.74) is 1.16. The number of halogens is 1. The van der Waals surface area contributed by atoms with E-state index < -0.39 is 0 Å². The third kappa shape index (κ3) is 3.16. The first-order chi connectivity index (χ1) is 8.99. The Morgan fingerprint density at radius 1 is 1.53 bits per heavy atom. The smallest absolute Gasteiger partial charge is 0.257 e. The molecule has 0 aliphatic heterocycles. The van der Waals surface area contributed by atoms with Crippen molar-refractivity contribution in [3.8, 4) is 0 Å². The molecule has 0 atom stereocenters. The van der Waals surface area contributed by atoms with Crippen LogP contribution in [0.3, 0.4) is 0 Å². The van der Waals surface area contributed by atoms with Crippen LogP contribution in [0, 0.1) is 6.92 Å². The highest BCUT2D eigenvalue weighted by Crippen LogP contribution is 2.23. The van der Waals surface area contributed by atoms with Gasteiger partial charge in [-0.2, -0.15) is 0 Å². The van der Waals surface area contributed by atoms with E-state index in [1.54, 1.807) is 6.92 Å². The van der Waals surface area contributed by atoms with Crippen LogP contribution in [0.2, 0.25) is 4.34 Å². The van der Waals surface area contributed by atoms with E-state index in [4.69, 9.17) is 16.1 Å². The highest BCUT2D eigenvalue weighted by molar-refractivity contribution is 7.16. The lowest BCUT2D eigenvalue weighted by atomic mass is 10.0. The van der Waals surface area contributed by atoms with Crippen LogP contribution < -0.4 is 5.32 Å². The number of carbonyl (C=O) groups is 1. The minimum atomic E-state index is -0.160. The molecule has 0 aliphatic carbocycles. The average molecular weight is 299 g/mol. The number of carbonyl (C=O) groups excluding carboxylic acids is 1. The van der Waals surface area contributed by atoms with Crippen molar-refractivity contribution in [2.45, 2.75) is 33.2 Å². The number of hydrogen-bond donors (Lipinski definition) is 1. The number of thiophene rings is 1. The van der Waals surface area contributed by atoms with E-state index in [9.17, 15) is 4.79 Å². The Balaban J connectivity index is 2.10. The molecule has 2 aromatic rings. The minimum Gasteiger partial charge on any atom is -0.360 e. The summed E-state index contributed by atoms with van der Waals surface area (Å²) in [4.78, 5) is 13.2. The summed E-state index contributed by atoms with van der Waals surface area (Å²) < 4.78 is 5.92. The lowest BCUT2D eigenvalue weighted by Crippen LogP contribution is -2.24. The van der Waals surface area contributed by atoms with Crippen molar-refractivity contribution in [1.82, 2.24) is 10.5 Å². The Morgan fingerprint density at radius 2 is 2.26 bits per heavy atom. The summed E-state index contributed by atoms with van der Waals surface area (Å²) in [5.74, 6) is 0.587. The molecule has 0 aliphatic rings. The van der Waals surface area contributed by atoms with Gasteiger partial charge in [-0.3, -0.25) is 4.79 Å². The standard InChI is InChI=1S/C13H15ClN2O2S/c1-7(2)12-11(8(3)16-18-12)13(17)15-6-9-4-5-10(14)19-9/h4-5,7H,6H2,1-3H3,(H,15,17). The van der Waals surface area contributed by atoms with Crippen molar-refractivity contribution in [1.29, 1.82) is 0 Å². The maximum absolute atomic E-state index is 12.2. The molecule has 102 valence electrons. The first kappa shape index (κ1) is 14.1. The van der Waals surface area contributed by atoms with Crippen LogP contribution in [-0.4, -0.2) is 11.1 Å². The topological polar surface area (TPSA) is 55.1 Å². The van der Waals surface area contributed by atoms with Crippen LogP contribution in [-0.2, 0) is 6.54 Å². The zero-order valence-electron chi connectivity index (χ0n) is 11.0. The monoisotopic (exact) mass is 298 g/mol. The van der Waals surface area contributed by atoms with Gasteiger partial charge in [-0.05, 0) is 19.1 Å². The van der Waals surface area contributed by atoms with Crippen LogP contribution in [0.4, 0.5) is 0 Å². The number of rotatable bonds is 4. The number of aryl methyl sites for hydroxylation is 1. The van der Waals surface area contributed by atoms with E-state index in [1.165, 1.54) is 11.3 Å². The molecule has 0 spiro atoms. The second-order valence-electron chi connectivity index (χ2n) is 4.55. The summed E-state index contributed by atoms with van der Waals surface area (Å²) in [5, 5.41) is 6.73. The van der Waals surface area contributed by atoms with Gasteiger partial charge in [0, 0.05) is 10.8 Å². The second kappa shape index (κ2) is 5.75. The van der Waals surface area contributed by atoms with Crippen molar-refractivity contribution >= 4 is 28.8 Å². The molecular formula is C13H15ClN2O2S. The molecule has 0 saturated carbocycles. The lowest BCUT2D eigenvalue weighted by Gasteiger charge is -2.06. The quantitative estimate of drug-likeness (QED) is 0.935. The molecule has 1 amide bonds. The largest absolute Gasteiger partial charge is 0.360 e. The molecule has 2 aromatic heterocycles. The number of nitrogens with one attached hydrogen (secondary N) is 1. The maximum atomic E-state index is 12.2. The Bertz CT molecular complexity index is 589. The molecule has 19 heavy (non-hydrogen) atoms. The molecule has 6 heteroatoms. The number of hydrogen-bond acceptors (Lipinski definition) is 4. The first-order valence-electron chi connectivity index (χ1n) is 5.97. The third-order valence-electron chi connectivity index (χ3n) is 2.69. The fourth-order valence-corrected chi connectivity index (χ4v) is 2.79. The molecule has 1 N–H and O–H groups in total. The minimum absolute atomic E-state index is 0.123. The van der Waals surface area contributed by atoms with Crippen molar-refractivity contribution in [2.24, 2.45) is 0 Å². The summed E-state index contributed by atoms with van der Waals surface area (Å²) in [6.45, 7) is 6.16. The van der Waals surface area contributed by atoms with E-state index in [-0.39, 0.29) is 11.8 Å². The van der Waals surface area contributed by atoms with Crippen LogP contribution >= 0.6 is 22.9 Å². The highest BCUT2D eigenvalue weighted by Gasteiger charge is 2.22. The van der Waals surface area contributed by atoms with Crippen LogP contribution in [0.25, 0.3) is 0 Å². The van der Waals surface area contributed by atoms with Gasteiger partial charge >= 0.3 is 0 Å². The fourth-order valence-electron chi connectivity index (χ4n) is 1.76. The average Bonchev–Trinajstić information content (AvgIpc) is 2.92. The van der Waals surface area contributed by atoms with Gasteiger partial charge in [0.15, 0.2) is 5.76 Å². The molecule has 0 aromatic carbocycles. The van der Waals surface area contributed by atoms with Crippen molar-refractivity contribution < 1.29 is 9.32 Å². The van der Waals surface area contributed by atoms with Crippen molar-refractivity contribution in [3.63, 3.8) is 0 Å². The van der Waals surface area contributed by atoms with Crippen LogP contribution in [0.15, 0.2) is 16.7 Å². The van der Waals surface area contributed by atoms with Gasteiger partial charge in [-0.25, -0.2) is 0 Å². The normalized spacial score (nSPS) is 11.0. The predicted molar refractivity (Wildman–Crippen MR) is 75.8 cm³/mol. The summed E-state index contributed by atoms with van der Waals surface area (Å²) >= 11 is 7.30. The van der Waals surface area contributed by atoms with Crippen LogP contribution in [0.1, 0.15) is 46.5 Å². The number of nitrogens with zero attached hydrogens (tertiary/aromatic N) is 1. The van der Waals surface area contributed by atoms with E-state index in [0.29, 0.717) is 27.9 Å². The zero-order valence-corrected chi connectivity index (χ0v) is 12.6. The van der Waals surface area contributed by atoms with Crippen LogP contribution in [0.5, 0.6) is 0 Å². The number of amides is 1. The highest BCUT2D eigenvalue weighted by atomic mass is 35.5. The van der Waals surface area contributed by atoms with Gasteiger partial charge in [0.1, 0.15) is 5.56 Å². The van der Waals surface area contributed by atoms with E-state index in [0.717, 1.165) is 4.88 Å². The summed E-state index contributed by atoms with van der Waals surface area (Å²) in [6.07, 6.45) is 0.